The Morgan fingerprint density at radius 3 is 2.33 bits per heavy atom. The lowest BCUT2D eigenvalue weighted by atomic mass is 9.88. The van der Waals surface area contributed by atoms with Gasteiger partial charge in [0.25, 0.3) is 5.91 Å². The molecular formula is C23H23F2N3O2. The number of Topliss-reactive ketones (excluding diaryl/α,β-unsaturated/α-hetero) is 1. The second kappa shape index (κ2) is 8.34. The summed E-state index contributed by atoms with van der Waals surface area (Å²) in [6.45, 7) is 3.65. The lowest BCUT2D eigenvalue weighted by Gasteiger charge is -2.31. The molecular weight excluding hydrogens is 388 g/mol. The molecule has 0 aromatic heterocycles. The molecule has 2 aliphatic rings. The van der Waals surface area contributed by atoms with E-state index < -0.39 is 23.3 Å². The van der Waals surface area contributed by atoms with E-state index in [2.05, 4.69) is 5.10 Å². The Hall–Kier alpha value is -3.09. The molecule has 0 unspecified atom stereocenters. The van der Waals surface area contributed by atoms with Gasteiger partial charge in [0.1, 0.15) is 11.6 Å². The third kappa shape index (κ3) is 4.10. The van der Waals surface area contributed by atoms with Gasteiger partial charge in [-0.1, -0.05) is 0 Å². The Morgan fingerprint density at radius 2 is 1.70 bits per heavy atom. The highest BCUT2D eigenvalue weighted by molar-refractivity contribution is 5.99. The number of amides is 1. The summed E-state index contributed by atoms with van der Waals surface area (Å²) in [6, 6.07) is 10.3. The van der Waals surface area contributed by atoms with Crippen molar-refractivity contribution in [1.82, 2.24) is 4.90 Å². The third-order valence-electron chi connectivity index (χ3n) is 5.74. The van der Waals surface area contributed by atoms with Gasteiger partial charge in [0.15, 0.2) is 5.78 Å². The van der Waals surface area contributed by atoms with Crippen molar-refractivity contribution in [1.29, 1.82) is 0 Å². The normalized spacial score (nSPS) is 17.2. The highest BCUT2D eigenvalue weighted by atomic mass is 19.1. The average Bonchev–Trinajstić information content (AvgIpc) is 3.21. The van der Waals surface area contributed by atoms with Gasteiger partial charge in [0.2, 0.25) is 0 Å². The highest BCUT2D eigenvalue weighted by Crippen LogP contribution is 2.26. The molecule has 1 saturated heterocycles. The van der Waals surface area contributed by atoms with E-state index in [1.165, 1.54) is 0 Å². The molecule has 156 valence electrons. The van der Waals surface area contributed by atoms with Crippen molar-refractivity contribution in [2.24, 2.45) is 11.0 Å². The second-order valence-electron chi connectivity index (χ2n) is 7.81. The smallest absolute Gasteiger partial charge is 0.253 e. The summed E-state index contributed by atoms with van der Waals surface area (Å²) in [4.78, 5) is 27.1. The van der Waals surface area contributed by atoms with E-state index in [-0.39, 0.29) is 11.5 Å². The van der Waals surface area contributed by atoms with Gasteiger partial charge in [-0.3, -0.25) is 14.6 Å². The fourth-order valence-corrected chi connectivity index (χ4v) is 3.97. The molecule has 30 heavy (non-hydrogen) atoms. The lowest BCUT2D eigenvalue weighted by molar-refractivity contribution is 0.0649. The van der Waals surface area contributed by atoms with Crippen LogP contribution in [-0.2, 0) is 0 Å². The van der Waals surface area contributed by atoms with Gasteiger partial charge < -0.3 is 4.90 Å². The molecule has 0 N–H and O–H groups in total. The molecule has 0 aliphatic carbocycles. The zero-order valence-corrected chi connectivity index (χ0v) is 16.8. The Bertz CT molecular complexity index is 996. The van der Waals surface area contributed by atoms with E-state index in [4.69, 9.17) is 0 Å². The van der Waals surface area contributed by atoms with Crippen LogP contribution in [-0.4, -0.2) is 41.9 Å². The fourth-order valence-electron chi connectivity index (χ4n) is 3.97. The van der Waals surface area contributed by atoms with Gasteiger partial charge in [-0.15, -0.1) is 0 Å². The minimum Gasteiger partial charge on any atom is -0.339 e. The molecule has 0 saturated carbocycles. The minimum absolute atomic E-state index is 0.0921. The lowest BCUT2D eigenvalue weighted by Crippen LogP contribution is -2.40. The zero-order chi connectivity index (χ0) is 21.3. The van der Waals surface area contributed by atoms with Crippen LogP contribution in [0, 0.1) is 17.6 Å². The predicted octanol–water partition coefficient (Wildman–Crippen LogP) is 4.29. The van der Waals surface area contributed by atoms with E-state index in [1.54, 1.807) is 17.0 Å². The number of halogens is 2. The number of carbonyl (C=O) groups excluding carboxylic acids is 2. The van der Waals surface area contributed by atoms with Gasteiger partial charge in [-0.2, -0.15) is 5.10 Å². The molecule has 5 nitrogen and oxygen atoms in total. The molecule has 2 heterocycles. The van der Waals surface area contributed by atoms with E-state index in [1.807, 2.05) is 24.1 Å². The Balaban J connectivity index is 1.37. The van der Waals surface area contributed by atoms with Crippen molar-refractivity contribution in [2.75, 3.05) is 24.6 Å². The minimum atomic E-state index is -0.711. The zero-order valence-electron chi connectivity index (χ0n) is 16.8. The molecule has 2 aromatic rings. The summed E-state index contributed by atoms with van der Waals surface area (Å²) >= 11 is 0. The molecule has 0 atom stereocenters. The van der Waals surface area contributed by atoms with Crippen LogP contribution in [0.3, 0.4) is 0 Å². The molecule has 0 spiro atoms. The number of hydrazone groups is 1. The molecule has 0 radical (unpaired) electrons. The Morgan fingerprint density at radius 1 is 1.00 bits per heavy atom. The summed E-state index contributed by atoms with van der Waals surface area (Å²) < 4.78 is 27.3. The molecule has 0 bridgehead atoms. The van der Waals surface area contributed by atoms with Gasteiger partial charge in [-0.25, -0.2) is 8.78 Å². The van der Waals surface area contributed by atoms with Crippen LogP contribution in [0.15, 0.2) is 47.6 Å². The monoisotopic (exact) mass is 411 g/mol. The first-order chi connectivity index (χ1) is 14.4. The standard InChI is InChI=1S/C23H23F2N3O2/c1-15-8-13-28(26-15)19-5-2-17(3-6-19)23(30)27-11-9-16(10-12-27)22(29)20-14-18(24)4-7-21(20)25/h2-7,14,16H,8-13H2,1H3. The first-order valence-electron chi connectivity index (χ1n) is 10.1. The quantitative estimate of drug-likeness (QED) is 0.706. The van der Waals surface area contributed by atoms with Crippen LogP contribution in [0.25, 0.3) is 0 Å². The van der Waals surface area contributed by atoms with E-state index in [0.717, 1.165) is 42.6 Å². The first kappa shape index (κ1) is 20.2. The van der Waals surface area contributed by atoms with Gasteiger partial charge in [0.05, 0.1) is 11.3 Å². The summed E-state index contributed by atoms with van der Waals surface area (Å²) in [5.41, 5.74) is 2.41. The van der Waals surface area contributed by atoms with Gasteiger partial charge in [-0.05, 0) is 62.2 Å². The molecule has 4 rings (SSSR count). The number of hydrogen-bond donors (Lipinski definition) is 0. The van der Waals surface area contributed by atoms with Crippen LogP contribution in [0.1, 0.15) is 46.9 Å². The van der Waals surface area contributed by atoms with Crippen LogP contribution >= 0.6 is 0 Å². The molecule has 2 aliphatic heterocycles. The predicted molar refractivity (Wildman–Crippen MR) is 111 cm³/mol. The van der Waals surface area contributed by atoms with E-state index in [0.29, 0.717) is 31.5 Å². The number of carbonyl (C=O) groups is 2. The number of piperidine rings is 1. The largest absolute Gasteiger partial charge is 0.339 e. The number of rotatable bonds is 4. The second-order valence-corrected chi connectivity index (χ2v) is 7.81. The average molecular weight is 411 g/mol. The Labute approximate surface area is 174 Å². The van der Waals surface area contributed by atoms with Gasteiger partial charge >= 0.3 is 0 Å². The van der Waals surface area contributed by atoms with Crippen molar-refractivity contribution in [3.05, 3.63) is 65.2 Å². The van der Waals surface area contributed by atoms with E-state index >= 15 is 0 Å². The summed E-state index contributed by atoms with van der Waals surface area (Å²) in [5, 5.41) is 6.38. The first-order valence-corrected chi connectivity index (χ1v) is 10.1. The maximum atomic E-state index is 13.9. The van der Waals surface area contributed by atoms with Crippen LogP contribution in [0.2, 0.25) is 0 Å². The summed E-state index contributed by atoms with van der Waals surface area (Å²) in [5.74, 6) is -2.25. The van der Waals surface area contributed by atoms with Crippen molar-refractivity contribution >= 4 is 23.1 Å². The van der Waals surface area contributed by atoms with Crippen LogP contribution in [0.4, 0.5) is 14.5 Å². The molecule has 1 amide bonds. The number of nitrogens with zero attached hydrogens (tertiary/aromatic N) is 3. The fraction of sp³-hybridized carbons (Fsp3) is 0.348. The van der Waals surface area contributed by atoms with Crippen LogP contribution in [0.5, 0.6) is 0 Å². The third-order valence-corrected chi connectivity index (χ3v) is 5.74. The van der Waals surface area contributed by atoms with Crippen molar-refractivity contribution < 1.29 is 18.4 Å². The number of likely N-dealkylation sites (tertiary alicyclic amines) is 1. The van der Waals surface area contributed by atoms with Crippen molar-refractivity contribution in [2.45, 2.75) is 26.2 Å². The maximum absolute atomic E-state index is 13.9. The number of benzene rings is 2. The summed E-state index contributed by atoms with van der Waals surface area (Å²) in [7, 11) is 0. The maximum Gasteiger partial charge on any atom is 0.253 e. The number of anilines is 1. The van der Waals surface area contributed by atoms with Crippen molar-refractivity contribution in [3.63, 3.8) is 0 Å². The SMILES string of the molecule is CC1=NN(c2ccc(C(=O)N3CCC(C(=O)c4cc(F)ccc4F)CC3)cc2)CC1. The molecule has 2 aromatic carbocycles. The van der Waals surface area contributed by atoms with Crippen molar-refractivity contribution in [3.8, 4) is 0 Å². The molecule has 7 heteroatoms. The summed E-state index contributed by atoms with van der Waals surface area (Å²) in [6.07, 6.45) is 1.80. The van der Waals surface area contributed by atoms with E-state index in [9.17, 15) is 18.4 Å². The number of hydrogen-bond acceptors (Lipinski definition) is 4. The molecule has 1 fully saturated rings. The van der Waals surface area contributed by atoms with Gasteiger partial charge in [0, 0.05) is 43.2 Å². The topological polar surface area (TPSA) is 53.0 Å². The number of ketones is 1. The highest BCUT2D eigenvalue weighted by Gasteiger charge is 2.30. The van der Waals surface area contributed by atoms with Crippen LogP contribution < -0.4 is 5.01 Å². The Kier molecular flexibility index (Phi) is 5.61.